The van der Waals surface area contributed by atoms with Crippen LogP contribution in [0.25, 0.3) is 17.3 Å². The van der Waals surface area contributed by atoms with Crippen LogP contribution in [-0.4, -0.2) is 53.0 Å². The van der Waals surface area contributed by atoms with E-state index in [0.29, 0.717) is 17.1 Å². The first-order chi connectivity index (χ1) is 18.1. The molecule has 0 aliphatic rings. The van der Waals surface area contributed by atoms with Crippen molar-refractivity contribution in [3.8, 4) is 28.8 Å². The summed E-state index contributed by atoms with van der Waals surface area (Å²) < 4.78 is 75.8. The second-order valence-corrected chi connectivity index (χ2v) is 9.01. The van der Waals surface area contributed by atoms with Crippen LogP contribution < -0.4 is 14.8 Å². The summed E-state index contributed by atoms with van der Waals surface area (Å²) >= 11 is 0. The van der Waals surface area contributed by atoms with Gasteiger partial charge in [0.1, 0.15) is 22.9 Å². The van der Waals surface area contributed by atoms with Crippen LogP contribution in [0.1, 0.15) is 50.3 Å². The zero-order valence-electron chi connectivity index (χ0n) is 21.9. The topological polar surface area (TPSA) is 120 Å². The lowest BCUT2D eigenvalue weighted by Crippen LogP contribution is -2.53. The Morgan fingerprint density at radius 2 is 1.92 bits per heavy atom. The van der Waals surface area contributed by atoms with Crippen LogP contribution in [0.3, 0.4) is 0 Å². The minimum Gasteiger partial charge on any atom is -0.496 e. The molecule has 0 bridgehead atoms. The van der Waals surface area contributed by atoms with Gasteiger partial charge in [-0.3, -0.25) is 4.79 Å². The number of methoxy groups -OCH3 is 1. The van der Waals surface area contributed by atoms with E-state index in [4.69, 9.17) is 4.74 Å². The Labute approximate surface area is 222 Å². The highest BCUT2D eigenvalue weighted by molar-refractivity contribution is 6.00. The fourth-order valence-corrected chi connectivity index (χ4v) is 3.44. The Morgan fingerprint density at radius 1 is 1.28 bits per heavy atom. The number of allylic oxidation sites excluding steroid dienone is 3. The summed E-state index contributed by atoms with van der Waals surface area (Å²) in [5.74, 6) is -1.84. The van der Waals surface area contributed by atoms with Crippen molar-refractivity contribution in [3.63, 3.8) is 0 Å². The fraction of sp³-hybridized carbons (Fsp3) is 0.423. The van der Waals surface area contributed by atoms with Crippen LogP contribution in [-0.2, 0) is 0 Å². The normalized spacial score (nSPS) is 14.3. The fourth-order valence-electron chi connectivity index (χ4n) is 3.44. The van der Waals surface area contributed by atoms with Gasteiger partial charge in [0.2, 0.25) is 0 Å². The van der Waals surface area contributed by atoms with E-state index in [2.05, 4.69) is 20.8 Å². The first-order valence-electron chi connectivity index (χ1n) is 11.7. The molecule has 1 atom stereocenters. The van der Waals surface area contributed by atoms with E-state index < -0.39 is 54.0 Å². The maximum absolute atomic E-state index is 13.2. The standard InChI is InChI=1S/C26H29F5N4O4/c1-6-8-16(24(3,4)13-32)11-20-33-12-17(35-20)15-9-18(38-5)21(19(10-15)39-23(27)28)22(36)34-14-25(37,7-2)26(29,30)31/h6,8-12,23,37H,7,14H2,1-5H3,(H,33,35)(H,34,36)/b8-6-,16-11+. The van der Waals surface area contributed by atoms with Gasteiger partial charge in [-0.2, -0.15) is 27.2 Å². The number of H-pyrrole nitrogens is 1. The van der Waals surface area contributed by atoms with E-state index in [0.717, 1.165) is 20.1 Å². The highest BCUT2D eigenvalue weighted by Crippen LogP contribution is 2.37. The minimum atomic E-state index is -5.05. The molecule has 8 nitrogen and oxygen atoms in total. The molecule has 2 rings (SSSR count). The molecule has 1 aromatic carbocycles. The average Bonchev–Trinajstić information content (AvgIpc) is 3.33. The van der Waals surface area contributed by atoms with Gasteiger partial charge in [-0.15, -0.1) is 0 Å². The summed E-state index contributed by atoms with van der Waals surface area (Å²) in [7, 11) is 1.13. The Kier molecular flexibility index (Phi) is 9.87. The van der Waals surface area contributed by atoms with Gasteiger partial charge >= 0.3 is 12.8 Å². The molecule has 0 fully saturated rings. The van der Waals surface area contributed by atoms with Gasteiger partial charge in [0, 0.05) is 5.56 Å². The van der Waals surface area contributed by atoms with Gasteiger partial charge in [0.25, 0.3) is 5.91 Å². The molecular formula is C26H29F5N4O4. The Morgan fingerprint density at radius 3 is 2.44 bits per heavy atom. The summed E-state index contributed by atoms with van der Waals surface area (Å²) in [6.45, 7) is 1.71. The zero-order chi connectivity index (χ0) is 29.6. The van der Waals surface area contributed by atoms with Gasteiger partial charge in [-0.05, 0) is 51.0 Å². The second-order valence-electron chi connectivity index (χ2n) is 9.01. The largest absolute Gasteiger partial charge is 0.496 e. The van der Waals surface area contributed by atoms with Crippen molar-refractivity contribution in [3.05, 3.63) is 47.4 Å². The number of nitrogens with zero attached hydrogens (tertiary/aromatic N) is 2. The number of nitrogens with one attached hydrogen (secondary N) is 2. The molecule has 0 radical (unpaired) electrons. The number of rotatable bonds is 11. The maximum atomic E-state index is 13.2. The van der Waals surface area contributed by atoms with Crippen molar-refractivity contribution in [1.29, 1.82) is 5.26 Å². The molecule has 1 aromatic heterocycles. The molecule has 39 heavy (non-hydrogen) atoms. The van der Waals surface area contributed by atoms with Gasteiger partial charge in [-0.1, -0.05) is 19.1 Å². The van der Waals surface area contributed by atoms with E-state index in [9.17, 15) is 37.1 Å². The number of carbonyl (C=O) groups is 1. The Balaban J connectivity index is 2.54. The molecular weight excluding hydrogens is 527 g/mol. The predicted molar refractivity (Wildman–Crippen MR) is 133 cm³/mol. The number of ether oxygens (including phenoxy) is 2. The molecule has 0 saturated carbocycles. The predicted octanol–water partition coefficient (Wildman–Crippen LogP) is 5.63. The number of benzene rings is 1. The van der Waals surface area contributed by atoms with E-state index >= 15 is 0 Å². The molecule has 212 valence electrons. The third kappa shape index (κ3) is 7.35. The highest BCUT2D eigenvalue weighted by Gasteiger charge is 2.52. The van der Waals surface area contributed by atoms with Gasteiger partial charge < -0.3 is 24.9 Å². The lowest BCUT2D eigenvalue weighted by atomic mass is 9.85. The smallest absolute Gasteiger partial charge is 0.418 e. The second kappa shape index (κ2) is 12.3. The summed E-state index contributed by atoms with van der Waals surface area (Å²) in [6, 6.07) is 4.56. The maximum Gasteiger partial charge on any atom is 0.418 e. The van der Waals surface area contributed by atoms with Crippen LogP contribution in [0.2, 0.25) is 0 Å². The molecule has 2 aromatic rings. The first-order valence-corrected chi connectivity index (χ1v) is 11.7. The van der Waals surface area contributed by atoms with Crippen molar-refractivity contribution in [1.82, 2.24) is 15.3 Å². The van der Waals surface area contributed by atoms with Crippen LogP contribution in [0.5, 0.6) is 11.5 Å². The van der Waals surface area contributed by atoms with Crippen LogP contribution in [0.15, 0.2) is 36.1 Å². The monoisotopic (exact) mass is 556 g/mol. The van der Waals surface area contributed by atoms with Crippen LogP contribution in [0, 0.1) is 16.7 Å². The van der Waals surface area contributed by atoms with E-state index in [1.54, 1.807) is 39.0 Å². The number of alkyl halides is 5. The third-order valence-electron chi connectivity index (χ3n) is 5.93. The number of nitriles is 1. The summed E-state index contributed by atoms with van der Waals surface area (Å²) in [5.41, 5.74) is -3.51. The molecule has 1 unspecified atom stereocenters. The number of aromatic nitrogens is 2. The van der Waals surface area contributed by atoms with E-state index in [1.807, 2.05) is 5.32 Å². The zero-order valence-corrected chi connectivity index (χ0v) is 21.9. The molecule has 0 aliphatic heterocycles. The van der Waals surface area contributed by atoms with E-state index in [1.165, 1.54) is 12.3 Å². The number of amides is 1. The van der Waals surface area contributed by atoms with Crippen molar-refractivity contribution >= 4 is 12.0 Å². The SMILES string of the molecule is C/C=C\C(=C/c1ncc(-c2cc(OC)c(C(=O)NCC(O)(CC)C(F)(F)F)c(OC(F)F)c2)[nH]1)C(C)(C)C#N. The van der Waals surface area contributed by atoms with Crippen molar-refractivity contribution < 1.29 is 41.3 Å². The highest BCUT2D eigenvalue weighted by atomic mass is 19.4. The van der Waals surface area contributed by atoms with Crippen molar-refractivity contribution in [2.75, 3.05) is 13.7 Å². The lowest BCUT2D eigenvalue weighted by Gasteiger charge is -2.29. The number of carbonyl (C=O) groups excluding carboxylic acids is 1. The quantitative estimate of drug-likeness (QED) is 0.244. The van der Waals surface area contributed by atoms with Crippen molar-refractivity contribution in [2.24, 2.45) is 5.41 Å². The molecule has 0 aliphatic carbocycles. The first kappa shape index (κ1) is 31.3. The molecule has 0 spiro atoms. The van der Waals surface area contributed by atoms with Gasteiger partial charge in [-0.25, -0.2) is 4.98 Å². The number of aliphatic hydroxyl groups is 1. The van der Waals surface area contributed by atoms with Gasteiger partial charge in [0.05, 0.1) is 37.0 Å². The molecule has 0 saturated heterocycles. The summed E-state index contributed by atoms with van der Waals surface area (Å²) in [6.07, 6.45) is 0.711. The number of halogens is 5. The number of imidazole rings is 1. The lowest BCUT2D eigenvalue weighted by molar-refractivity contribution is -0.258. The third-order valence-corrected chi connectivity index (χ3v) is 5.93. The molecule has 1 amide bonds. The summed E-state index contributed by atoms with van der Waals surface area (Å²) in [4.78, 5) is 20.0. The number of aromatic amines is 1. The Hall–Kier alpha value is -3.92. The molecule has 3 N–H and O–H groups in total. The van der Waals surface area contributed by atoms with Crippen molar-refractivity contribution in [2.45, 2.75) is 52.5 Å². The van der Waals surface area contributed by atoms with Crippen LogP contribution >= 0.6 is 0 Å². The van der Waals surface area contributed by atoms with Gasteiger partial charge in [0.15, 0.2) is 5.60 Å². The Bertz CT molecular complexity index is 1280. The van der Waals surface area contributed by atoms with Crippen LogP contribution in [0.4, 0.5) is 22.0 Å². The average molecular weight is 557 g/mol. The molecule has 13 heteroatoms. The van der Waals surface area contributed by atoms with E-state index in [-0.39, 0.29) is 11.3 Å². The summed E-state index contributed by atoms with van der Waals surface area (Å²) in [5, 5.41) is 21.3. The number of hydrogen-bond donors (Lipinski definition) is 3. The molecule has 1 heterocycles. The minimum absolute atomic E-state index is 0.207. The number of hydrogen-bond acceptors (Lipinski definition) is 6.